The van der Waals surface area contributed by atoms with Crippen molar-refractivity contribution in [3.8, 4) is 0 Å². The summed E-state index contributed by atoms with van der Waals surface area (Å²) < 4.78 is 5.08. The molecule has 0 radical (unpaired) electrons. The van der Waals surface area contributed by atoms with Crippen molar-refractivity contribution in [3.05, 3.63) is 35.4 Å². The zero-order valence-corrected chi connectivity index (χ0v) is 12.1. The summed E-state index contributed by atoms with van der Waals surface area (Å²) in [6, 6.07) is 8.38. The second-order valence-corrected chi connectivity index (χ2v) is 5.95. The zero-order valence-electron chi connectivity index (χ0n) is 12.1. The molecular weight excluding hydrogens is 236 g/mol. The SMILES string of the molecule is COCCc1ccc(C(O)C2CCC(C)CC2)cc1. The molecule has 0 aliphatic heterocycles. The molecule has 0 heterocycles. The van der Waals surface area contributed by atoms with Gasteiger partial charge in [0.25, 0.3) is 0 Å². The fourth-order valence-electron chi connectivity index (χ4n) is 2.98. The van der Waals surface area contributed by atoms with E-state index in [1.165, 1.54) is 18.4 Å². The predicted octanol–water partition coefficient (Wildman–Crippen LogP) is 3.74. The molecule has 0 saturated heterocycles. The van der Waals surface area contributed by atoms with E-state index in [1.807, 2.05) is 0 Å². The molecule has 1 aromatic carbocycles. The Labute approximate surface area is 116 Å². The molecule has 1 aliphatic rings. The van der Waals surface area contributed by atoms with E-state index < -0.39 is 0 Å². The largest absolute Gasteiger partial charge is 0.388 e. The molecule has 0 bridgehead atoms. The van der Waals surface area contributed by atoms with E-state index in [-0.39, 0.29) is 6.10 Å². The van der Waals surface area contributed by atoms with Crippen molar-refractivity contribution < 1.29 is 9.84 Å². The van der Waals surface area contributed by atoms with Gasteiger partial charge in [-0.1, -0.05) is 44.0 Å². The Kier molecular flexibility index (Phi) is 5.41. The first-order valence-corrected chi connectivity index (χ1v) is 7.46. The van der Waals surface area contributed by atoms with Crippen molar-refractivity contribution in [1.29, 1.82) is 0 Å². The van der Waals surface area contributed by atoms with E-state index >= 15 is 0 Å². The number of hydrogen-bond donors (Lipinski definition) is 1. The van der Waals surface area contributed by atoms with Gasteiger partial charge in [-0.25, -0.2) is 0 Å². The van der Waals surface area contributed by atoms with E-state index in [9.17, 15) is 5.11 Å². The van der Waals surface area contributed by atoms with Crippen LogP contribution < -0.4 is 0 Å². The summed E-state index contributed by atoms with van der Waals surface area (Å²) >= 11 is 0. The van der Waals surface area contributed by atoms with Crippen molar-refractivity contribution in [1.82, 2.24) is 0 Å². The van der Waals surface area contributed by atoms with Crippen LogP contribution in [0.5, 0.6) is 0 Å². The van der Waals surface area contributed by atoms with Crippen LogP contribution in [0.4, 0.5) is 0 Å². The van der Waals surface area contributed by atoms with Crippen LogP contribution in [0.1, 0.15) is 49.8 Å². The maximum absolute atomic E-state index is 10.5. The summed E-state index contributed by atoms with van der Waals surface area (Å²) in [5, 5.41) is 10.5. The van der Waals surface area contributed by atoms with E-state index in [1.54, 1.807) is 7.11 Å². The number of methoxy groups -OCH3 is 1. The van der Waals surface area contributed by atoms with Gasteiger partial charge in [0.05, 0.1) is 12.7 Å². The van der Waals surface area contributed by atoms with Gasteiger partial charge in [0.15, 0.2) is 0 Å². The van der Waals surface area contributed by atoms with Crippen molar-refractivity contribution >= 4 is 0 Å². The lowest BCUT2D eigenvalue weighted by atomic mass is 9.78. The molecule has 0 amide bonds. The molecule has 1 aliphatic carbocycles. The van der Waals surface area contributed by atoms with Gasteiger partial charge in [0.1, 0.15) is 0 Å². The Bertz CT molecular complexity index is 363. The van der Waals surface area contributed by atoms with Crippen LogP contribution in [0, 0.1) is 11.8 Å². The smallest absolute Gasteiger partial charge is 0.0818 e. The minimum Gasteiger partial charge on any atom is -0.388 e. The molecule has 1 N–H and O–H groups in total. The molecule has 0 aromatic heterocycles. The zero-order chi connectivity index (χ0) is 13.7. The van der Waals surface area contributed by atoms with Gasteiger partial charge in [0, 0.05) is 7.11 Å². The summed E-state index contributed by atoms with van der Waals surface area (Å²) in [7, 11) is 1.72. The van der Waals surface area contributed by atoms with Crippen LogP contribution in [-0.2, 0) is 11.2 Å². The maximum Gasteiger partial charge on any atom is 0.0818 e. The maximum atomic E-state index is 10.5. The number of rotatable bonds is 5. The fourth-order valence-corrected chi connectivity index (χ4v) is 2.98. The standard InChI is InChI=1S/C17H26O2/c1-13-3-7-15(8-4-13)17(18)16-9-5-14(6-10-16)11-12-19-2/h5-6,9-10,13,15,17-18H,3-4,7-8,11-12H2,1-2H3. The second kappa shape index (κ2) is 7.06. The van der Waals surface area contributed by atoms with Crippen molar-refractivity contribution in [2.45, 2.75) is 45.1 Å². The highest BCUT2D eigenvalue weighted by atomic mass is 16.5. The average Bonchev–Trinajstić information content (AvgIpc) is 2.46. The predicted molar refractivity (Wildman–Crippen MR) is 78.1 cm³/mol. The Morgan fingerprint density at radius 2 is 1.79 bits per heavy atom. The Morgan fingerprint density at radius 3 is 2.37 bits per heavy atom. The topological polar surface area (TPSA) is 29.5 Å². The fraction of sp³-hybridized carbons (Fsp3) is 0.647. The Balaban J connectivity index is 1.93. The lowest BCUT2D eigenvalue weighted by Crippen LogP contribution is -2.19. The number of ether oxygens (including phenoxy) is 1. The van der Waals surface area contributed by atoms with Gasteiger partial charge in [-0.2, -0.15) is 0 Å². The van der Waals surface area contributed by atoms with E-state index in [4.69, 9.17) is 4.74 Å². The summed E-state index contributed by atoms with van der Waals surface area (Å²) in [6.07, 6.45) is 5.49. The average molecular weight is 262 g/mol. The highest BCUT2D eigenvalue weighted by Gasteiger charge is 2.25. The quantitative estimate of drug-likeness (QED) is 0.876. The molecule has 1 atom stereocenters. The first-order valence-electron chi connectivity index (χ1n) is 7.46. The third-order valence-electron chi connectivity index (χ3n) is 4.42. The molecule has 2 nitrogen and oxygen atoms in total. The number of aliphatic hydroxyl groups is 1. The third kappa shape index (κ3) is 4.05. The first-order chi connectivity index (χ1) is 9.20. The summed E-state index contributed by atoms with van der Waals surface area (Å²) in [5.74, 6) is 1.28. The lowest BCUT2D eigenvalue weighted by Gasteiger charge is -2.30. The number of benzene rings is 1. The molecule has 1 fully saturated rings. The minimum absolute atomic E-state index is 0.288. The van der Waals surface area contributed by atoms with Crippen LogP contribution in [0.15, 0.2) is 24.3 Å². The molecule has 19 heavy (non-hydrogen) atoms. The monoisotopic (exact) mass is 262 g/mol. The van der Waals surface area contributed by atoms with Crippen LogP contribution in [0.2, 0.25) is 0 Å². The van der Waals surface area contributed by atoms with E-state index in [0.717, 1.165) is 37.4 Å². The van der Waals surface area contributed by atoms with E-state index in [2.05, 4.69) is 31.2 Å². The van der Waals surface area contributed by atoms with Gasteiger partial charge >= 0.3 is 0 Å². The van der Waals surface area contributed by atoms with Crippen LogP contribution in [0.25, 0.3) is 0 Å². The van der Waals surface area contributed by atoms with Gasteiger partial charge in [0.2, 0.25) is 0 Å². The van der Waals surface area contributed by atoms with Gasteiger partial charge < -0.3 is 9.84 Å². The lowest BCUT2D eigenvalue weighted by molar-refractivity contribution is 0.0755. The second-order valence-electron chi connectivity index (χ2n) is 5.95. The molecule has 1 saturated carbocycles. The van der Waals surface area contributed by atoms with Gasteiger partial charge in [-0.15, -0.1) is 0 Å². The molecule has 1 aromatic rings. The molecular formula is C17H26O2. The normalized spacial score (nSPS) is 25.2. The highest BCUT2D eigenvalue weighted by Crippen LogP contribution is 2.36. The van der Waals surface area contributed by atoms with Crippen LogP contribution in [0.3, 0.4) is 0 Å². The van der Waals surface area contributed by atoms with Crippen molar-refractivity contribution in [2.24, 2.45) is 11.8 Å². The molecule has 106 valence electrons. The third-order valence-corrected chi connectivity index (χ3v) is 4.42. The van der Waals surface area contributed by atoms with Crippen molar-refractivity contribution in [3.63, 3.8) is 0 Å². The van der Waals surface area contributed by atoms with Crippen LogP contribution in [-0.4, -0.2) is 18.8 Å². The summed E-state index contributed by atoms with van der Waals surface area (Å²) in [5.41, 5.74) is 2.34. The van der Waals surface area contributed by atoms with Gasteiger partial charge in [-0.3, -0.25) is 0 Å². The summed E-state index contributed by atoms with van der Waals surface area (Å²) in [6.45, 7) is 3.07. The Morgan fingerprint density at radius 1 is 1.16 bits per heavy atom. The molecule has 2 heteroatoms. The minimum atomic E-state index is -0.288. The number of hydrogen-bond acceptors (Lipinski definition) is 2. The first kappa shape index (κ1) is 14.5. The molecule has 1 unspecified atom stereocenters. The van der Waals surface area contributed by atoms with Crippen LogP contribution >= 0.6 is 0 Å². The Hall–Kier alpha value is -0.860. The number of aliphatic hydroxyl groups excluding tert-OH is 1. The van der Waals surface area contributed by atoms with Gasteiger partial charge in [-0.05, 0) is 42.2 Å². The summed E-state index contributed by atoms with van der Waals surface area (Å²) in [4.78, 5) is 0. The van der Waals surface area contributed by atoms with E-state index in [0.29, 0.717) is 5.92 Å². The highest BCUT2D eigenvalue weighted by molar-refractivity contribution is 5.24. The molecule has 2 rings (SSSR count). The molecule has 0 spiro atoms. The van der Waals surface area contributed by atoms with Crippen molar-refractivity contribution in [2.75, 3.05) is 13.7 Å².